The van der Waals surface area contributed by atoms with E-state index in [1.807, 2.05) is 42.5 Å². The summed E-state index contributed by atoms with van der Waals surface area (Å²) < 4.78 is 26.8. The van der Waals surface area contributed by atoms with Crippen molar-refractivity contribution in [2.75, 3.05) is 12.3 Å². The minimum Gasteiger partial charge on any atom is -0.549 e. The van der Waals surface area contributed by atoms with Gasteiger partial charge in [0, 0.05) is 12.0 Å². The minimum absolute atomic E-state index is 0.0513. The predicted molar refractivity (Wildman–Crippen MR) is 100 cm³/mol. The first kappa shape index (κ1) is 20.1. The van der Waals surface area contributed by atoms with Crippen molar-refractivity contribution in [2.24, 2.45) is 0 Å². The number of carbonyl (C=O) groups excluding carboxylic acids is 1. The Morgan fingerprint density at radius 3 is 2.12 bits per heavy atom. The van der Waals surface area contributed by atoms with Gasteiger partial charge in [-0.3, -0.25) is 0 Å². The Labute approximate surface area is 155 Å². The molecule has 0 aromatic heterocycles. The van der Waals surface area contributed by atoms with Crippen LogP contribution in [0.25, 0.3) is 0 Å². The van der Waals surface area contributed by atoms with E-state index in [4.69, 9.17) is 0 Å². The number of aliphatic carboxylic acids is 1. The lowest BCUT2D eigenvalue weighted by atomic mass is 9.84. The Bertz CT molecular complexity index is 828. The number of benzene rings is 2. The van der Waals surface area contributed by atoms with Crippen LogP contribution in [-0.4, -0.2) is 26.7 Å². The van der Waals surface area contributed by atoms with Gasteiger partial charge in [-0.2, -0.15) is 0 Å². The summed E-state index contributed by atoms with van der Waals surface area (Å²) in [7, 11) is -3.33. The van der Waals surface area contributed by atoms with Gasteiger partial charge < -0.3 is 9.90 Å². The summed E-state index contributed by atoms with van der Waals surface area (Å²) >= 11 is 0. The second-order valence-electron chi connectivity index (χ2n) is 6.81. The second kappa shape index (κ2) is 8.47. The molecule has 26 heavy (non-hydrogen) atoms. The molecule has 0 unspecified atom stereocenters. The van der Waals surface area contributed by atoms with E-state index in [0.29, 0.717) is 24.9 Å². The number of hydrogen-bond donors (Lipinski definition) is 1. The van der Waals surface area contributed by atoms with Gasteiger partial charge in [-0.1, -0.05) is 68.4 Å². The van der Waals surface area contributed by atoms with E-state index in [1.165, 1.54) is 0 Å². The number of sulfonamides is 1. The van der Waals surface area contributed by atoms with Gasteiger partial charge in [0.25, 0.3) is 0 Å². The zero-order valence-electron chi connectivity index (χ0n) is 15.1. The number of nitrogens with one attached hydrogen (secondary N) is 1. The van der Waals surface area contributed by atoms with Gasteiger partial charge >= 0.3 is 0 Å². The fraction of sp³-hybridized carbons (Fsp3) is 0.350. The van der Waals surface area contributed by atoms with Crippen LogP contribution in [-0.2, 0) is 33.1 Å². The molecule has 6 heteroatoms. The van der Waals surface area contributed by atoms with Crippen LogP contribution in [0.5, 0.6) is 0 Å². The van der Waals surface area contributed by atoms with E-state index in [-0.39, 0.29) is 5.75 Å². The zero-order chi connectivity index (χ0) is 19.2. The molecule has 0 amide bonds. The van der Waals surface area contributed by atoms with Crippen LogP contribution < -0.4 is 9.83 Å². The molecule has 0 aliphatic rings. The van der Waals surface area contributed by atoms with Gasteiger partial charge in [0.05, 0.1) is 11.7 Å². The molecule has 1 N–H and O–H groups in total. The molecule has 0 radical (unpaired) electrons. The number of aryl methyl sites for hydroxylation is 1. The lowest BCUT2D eigenvalue weighted by Gasteiger charge is -2.26. The van der Waals surface area contributed by atoms with E-state index >= 15 is 0 Å². The smallest absolute Gasteiger partial charge is 0.211 e. The van der Waals surface area contributed by atoms with Crippen molar-refractivity contribution in [1.82, 2.24) is 4.72 Å². The highest BCUT2D eigenvalue weighted by molar-refractivity contribution is 7.89. The predicted octanol–water partition coefficient (Wildman–Crippen LogP) is 1.42. The third-order valence-electron chi connectivity index (χ3n) is 4.42. The van der Waals surface area contributed by atoms with E-state index in [1.54, 1.807) is 26.0 Å². The first-order valence-electron chi connectivity index (χ1n) is 8.53. The van der Waals surface area contributed by atoms with Crippen molar-refractivity contribution in [3.63, 3.8) is 0 Å². The standard InChI is InChI=1S/C20H25NO4S/c1-20(2,19(22)23)18-10-8-17(9-11-18)12-14-21-26(24,25)15-13-16-6-4-3-5-7-16/h3-11,21H,12-15H2,1-2H3,(H,22,23)/p-1. The van der Waals surface area contributed by atoms with Gasteiger partial charge in [-0.25, -0.2) is 13.1 Å². The van der Waals surface area contributed by atoms with Crippen molar-refractivity contribution < 1.29 is 18.3 Å². The molecule has 0 bridgehead atoms. The van der Waals surface area contributed by atoms with Gasteiger partial charge in [-0.05, 0) is 29.5 Å². The molecular formula is C20H24NO4S-. The molecule has 2 aromatic rings. The van der Waals surface area contributed by atoms with Gasteiger partial charge in [0.15, 0.2) is 0 Å². The maximum Gasteiger partial charge on any atom is 0.211 e. The molecule has 0 atom stereocenters. The largest absolute Gasteiger partial charge is 0.549 e. The molecule has 140 valence electrons. The SMILES string of the molecule is CC(C)(C(=O)[O-])c1ccc(CCNS(=O)(=O)CCc2ccccc2)cc1. The molecule has 2 rings (SSSR count). The zero-order valence-corrected chi connectivity index (χ0v) is 15.9. The number of carboxylic acids is 1. The second-order valence-corrected chi connectivity index (χ2v) is 8.73. The van der Waals surface area contributed by atoms with E-state index in [2.05, 4.69) is 4.72 Å². The number of rotatable bonds is 9. The molecular weight excluding hydrogens is 350 g/mol. The van der Waals surface area contributed by atoms with Gasteiger partial charge in [-0.15, -0.1) is 0 Å². The maximum atomic E-state index is 12.1. The fourth-order valence-electron chi connectivity index (χ4n) is 2.53. The lowest BCUT2D eigenvalue weighted by Crippen LogP contribution is -2.41. The molecule has 0 heterocycles. The average molecular weight is 374 g/mol. The highest BCUT2D eigenvalue weighted by Crippen LogP contribution is 2.22. The molecule has 0 fully saturated rings. The first-order chi connectivity index (χ1) is 12.2. The Balaban J connectivity index is 1.84. The fourth-order valence-corrected chi connectivity index (χ4v) is 3.59. The van der Waals surface area contributed by atoms with Crippen molar-refractivity contribution in [2.45, 2.75) is 32.1 Å². The molecule has 0 aliphatic heterocycles. The van der Waals surface area contributed by atoms with E-state index in [0.717, 1.165) is 11.1 Å². The topological polar surface area (TPSA) is 86.3 Å². The highest BCUT2D eigenvalue weighted by atomic mass is 32.2. The molecule has 0 saturated heterocycles. The van der Waals surface area contributed by atoms with Crippen LogP contribution in [0, 0.1) is 0 Å². The molecule has 5 nitrogen and oxygen atoms in total. The molecule has 0 spiro atoms. The number of carboxylic acid groups (broad SMARTS) is 1. The quantitative estimate of drug-likeness (QED) is 0.719. The summed E-state index contributed by atoms with van der Waals surface area (Å²) in [5.41, 5.74) is 1.53. The van der Waals surface area contributed by atoms with Crippen molar-refractivity contribution in [3.05, 3.63) is 71.3 Å². The Hall–Kier alpha value is -2.18. The molecule has 0 saturated carbocycles. The monoisotopic (exact) mass is 374 g/mol. The first-order valence-corrected chi connectivity index (χ1v) is 10.2. The van der Waals surface area contributed by atoms with Crippen LogP contribution in [0.15, 0.2) is 54.6 Å². The van der Waals surface area contributed by atoms with Crippen LogP contribution in [0.4, 0.5) is 0 Å². The minimum atomic E-state index is -3.33. The maximum absolute atomic E-state index is 12.1. The van der Waals surface area contributed by atoms with Crippen LogP contribution in [0.3, 0.4) is 0 Å². The molecule has 2 aromatic carbocycles. The summed E-state index contributed by atoms with van der Waals surface area (Å²) in [5, 5.41) is 11.2. The van der Waals surface area contributed by atoms with Crippen molar-refractivity contribution in [1.29, 1.82) is 0 Å². The normalized spacial score (nSPS) is 12.1. The van der Waals surface area contributed by atoms with Crippen LogP contribution in [0.2, 0.25) is 0 Å². The molecule has 0 aliphatic carbocycles. The third kappa shape index (κ3) is 5.68. The van der Waals surface area contributed by atoms with Crippen molar-refractivity contribution in [3.8, 4) is 0 Å². The average Bonchev–Trinajstić information content (AvgIpc) is 2.61. The summed E-state index contributed by atoms with van der Waals surface area (Å²) in [6.07, 6.45) is 1.01. The lowest BCUT2D eigenvalue weighted by molar-refractivity contribution is -0.312. The van der Waals surface area contributed by atoms with E-state index in [9.17, 15) is 18.3 Å². The van der Waals surface area contributed by atoms with Crippen molar-refractivity contribution >= 4 is 16.0 Å². The number of hydrogen-bond acceptors (Lipinski definition) is 4. The van der Waals surface area contributed by atoms with Gasteiger partial charge in [0.1, 0.15) is 0 Å². The van der Waals surface area contributed by atoms with Crippen LogP contribution >= 0.6 is 0 Å². The Kier molecular flexibility index (Phi) is 6.56. The third-order valence-corrected chi connectivity index (χ3v) is 5.81. The summed E-state index contributed by atoms with van der Waals surface area (Å²) in [6.45, 7) is 3.50. The summed E-state index contributed by atoms with van der Waals surface area (Å²) in [4.78, 5) is 11.2. The van der Waals surface area contributed by atoms with Crippen LogP contribution in [0.1, 0.15) is 30.5 Å². The van der Waals surface area contributed by atoms with E-state index < -0.39 is 21.4 Å². The highest BCUT2D eigenvalue weighted by Gasteiger charge is 2.21. The number of carbonyl (C=O) groups is 1. The summed E-state index contributed by atoms with van der Waals surface area (Å²) in [5.74, 6) is -1.08. The Morgan fingerprint density at radius 1 is 0.962 bits per heavy atom. The van der Waals surface area contributed by atoms with Gasteiger partial charge in [0.2, 0.25) is 10.0 Å². The Morgan fingerprint density at radius 2 is 1.54 bits per heavy atom. The summed E-state index contributed by atoms with van der Waals surface area (Å²) in [6, 6.07) is 16.6.